The van der Waals surface area contributed by atoms with E-state index in [1.807, 2.05) is 75.4 Å². The first-order valence-electron chi connectivity index (χ1n) is 10.5. The Morgan fingerprint density at radius 2 is 1.64 bits per heavy atom. The van der Waals surface area contributed by atoms with Gasteiger partial charge in [0, 0.05) is 21.5 Å². The minimum absolute atomic E-state index is 0.212. The lowest BCUT2D eigenvalue weighted by molar-refractivity contribution is -0.143. The van der Waals surface area contributed by atoms with Crippen LogP contribution in [0.25, 0.3) is 16.5 Å². The highest BCUT2D eigenvalue weighted by Crippen LogP contribution is 2.28. The lowest BCUT2D eigenvalue weighted by Crippen LogP contribution is -2.35. The first-order valence-corrected chi connectivity index (χ1v) is 11.3. The van der Waals surface area contributed by atoms with Gasteiger partial charge in [0.05, 0.1) is 6.54 Å². The van der Waals surface area contributed by atoms with Crippen molar-refractivity contribution < 1.29 is 19.1 Å². The van der Waals surface area contributed by atoms with Crippen molar-refractivity contribution in [1.82, 2.24) is 5.32 Å². The number of thiophene rings is 1. The fourth-order valence-electron chi connectivity index (χ4n) is 3.33. The van der Waals surface area contributed by atoms with Crippen molar-refractivity contribution in [3.05, 3.63) is 82.2 Å². The normalized spacial score (nSPS) is 10.8. The summed E-state index contributed by atoms with van der Waals surface area (Å²) in [4.78, 5) is 38.0. The maximum absolute atomic E-state index is 12.2. The van der Waals surface area contributed by atoms with Crippen LogP contribution in [0.3, 0.4) is 0 Å². The van der Waals surface area contributed by atoms with E-state index in [0.717, 1.165) is 37.7 Å². The molecule has 3 rings (SSSR count). The molecule has 0 unspecified atom stereocenters. The zero-order valence-electron chi connectivity index (χ0n) is 18.8. The van der Waals surface area contributed by atoms with Crippen LogP contribution in [0.15, 0.2) is 60.7 Å². The zero-order chi connectivity index (χ0) is 23.8. The Morgan fingerprint density at radius 1 is 0.939 bits per heavy atom. The van der Waals surface area contributed by atoms with Gasteiger partial charge in [0.1, 0.15) is 0 Å². The summed E-state index contributed by atoms with van der Waals surface area (Å²) in [6, 6.07) is 17.8. The van der Waals surface area contributed by atoms with Crippen LogP contribution in [0, 0.1) is 20.8 Å². The second-order valence-corrected chi connectivity index (χ2v) is 8.72. The lowest BCUT2D eigenvalue weighted by Gasteiger charge is -2.13. The standard InChI is InChI=1S/C26H26N2O4S/c1-17-13-18(2)26(19(3)14-17)28-23(29)15-27-24(30)16-32-25(31)12-10-21-9-11-22(33-21)20-7-5-4-6-8-20/h4-14H,15-16H2,1-3H3,(H,27,30)(H,28,29)/b12-10+. The Labute approximate surface area is 197 Å². The van der Waals surface area contributed by atoms with Crippen molar-refractivity contribution in [3.8, 4) is 10.4 Å². The number of rotatable bonds is 8. The summed E-state index contributed by atoms with van der Waals surface area (Å²) in [5, 5.41) is 5.26. The van der Waals surface area contributed by atoms with E-state index >= 15 is 0 Å². The molecule has 2 amide bonds. The summed E-state index contributed by atoms with van der Waals surface area (Å²) in [6.45, 7) is 5.15. The van der Waals surface area contributed by atoms with E-state index in [9.17, 15) is 14.4 Å². The third kappa shape index (κ3) is 7.15. The van der Waals surface area contributed by atoms with Crippen LogP contribution in [0.2, 0.25) is 0 Å². The second-order valence-electron chi connectivity index (χ2n) is 7.61. The van der Waals surface area contributed by atoms with E-state index in [2.05, 4.69) is 10.6 Å². The van der Waals surface area contributed by atoms with Crippen molar-refractivity contribution in [1.29, 1.82) is 0 Å². The molecule has 0 aliphatic heterocycles. The van der Waals surface area contributed by atoms with E-state index in [0.29, 0.717) is 0 Å². The highest BCUT2D eigenvalue weighted by molar-refractivity contribution is 7.16. The largest absolute Gasteiger partial charge is 0.452 e. The predicted octanol–water partition coefficient (Wildman–Crippen LogP) is 4.65. The van der Waals surface area contributed by atoms with Gasteiger partial charge in [0.25, 0.3) is 5.91 Å². The Hall–Kier alpha value is -3.71. The third-order valence-corrected chi connectivity index (χ3v) is 5.90. The smallest absolute Gasteiger partial charge is 0.331 e. The van der Waals surface area contributed by atoms with E-state index in [4.69, 9.17) is 4.74 Å². The van der Waals surface area contributed by atoms with Gasteiger partial charge in [-0.1, -0.05) is 48.0 Å². The van der Waals surface area contributed by atoms with Crippen LogP contribution >= 0.6 is 11.3 Å². The third-order valence-electron chi connectivity index (χ3n) is 4.80. The van der Waals surface area contributed by atoms with Crippen molar-refractivity contribution in [2.45, 2.75) is 20.8 Å². The van der Waals surface area contributed by atoms with E-state index < -0.39 is 18.5 Å². The first kappa shape index (κ1) is 23.9. The molecule has 3 aromatic rings. The predicted molar refractivity (Wildman–Crippen MR) is 132 cm³/mol. The van der Waals surface area contributed by atoms with Crippen molar-refractivity contribution in [2.75, 3.05) is 18.5 Å². The van der Waals surface area contributed by atoms with Gasteiger partial charge in [-0.2, -0.15) is 0 Å². The topological polar surface area (TPSA) is 84.5 Å². The van der Waals surface area contributed by atoms with E-state index in [-0.39, 0.29) is 12.5 Å². The lowest BCUT2D eigenvalue weighted by atomic mass is 10.1. The van der Waals surface area contributed by atoms with E-state index in [1.165, 1.54) is 6.08 Å². The quantitative estimate of drug-likeness (QED) is 0.377. The summed E-state index contributed by atoms with van der Waals surface area (Å²) < 4.78 is 4.95. The number of benzene rings is 2. The average molecular weight is 463 g/mol. The molecule has 7 heteroatoms. The van der Waals surface area contributed by atoms with Gasteiger partial charge in [0.15, 0.2) is 6.61 Å². The summed E-state index contributed by atoms with van der Waals surface area (Å²) in [7, 11) is 0. The number of amides is 2. The van der Waals surface area contributed by atoms with Crippen molar-refractivity contribution in [2.24, 2.45) is 0 Å². The maximum Gasteiger partial charge on any atom is 0.331 e. The molecule has 0 saturated carbocycles. The average Bonchev–Trinajstić information content (AvgIpc) is 3.27. The van der Waals surface area contributed by atoms with Gasteiger partial charge in [-0.3, -0.25) is 9.59 Å². The van der Waals surface area contributed by atoms with Gasteiger partial charge in [-0.05, 0) is 55.7 Å². The molecular formula is C26H26N2O4S. The highest BCUT2D eigenvalue weighted by Gasteiger charge is 2.11. The van der Waals surface area contributed by atoms with Crippen molar-refractivity contribution >= 4 is 40.9 Å². The molecule has 33 heavy (non-hydrogen) atoms. The molecule has 0 bridgehead atoms. The molecule has 1 aromatic heterocycles. The number of anilines is 1. The minimum atomic E-state index is -0.629. The Kier molecular flexibility index (Phi) is 8.16. The van der Waals surface area contributed by atoms with Gasteiger partial charge in [-0.15, -0.1) is 11.3 Å². The van der Waals surface area contributed by atoms with Crippen LogP contribution in [0.1, 0.15) is 21.6 Å². The van der Waals surface area contributed by atoms with Gasteiger partial charge in [-0.25, -0.2) is 4.79 Å². The monoisotopic (exact) mass is 462 g/mol. The molecular weight excluding hydrogens is 436 g/mol. The fourth-order valence-corrected chi connectivity index (χ4v) is 4.24. The molecule has 0 atom stereocenters. The van der Waals surface area contributed by atoms with Crippen LogP contribution in [-0.4, -0.2) is 30.9 Å². The fraction of sp³-hybridized carbons (Fsp3) is 0.192. The van der Waals surface area contributed by atoms with Crippen molar-refractivity contribution in [3.63, 3.8) is 0 Å². The van der Waals surface area contributed by atoms with Crippen LogP contribution in [0.5, 0.6) is 0 Å². The molecule has 6 nitrogen and oxygen atoms in total. The summed E-state index contributed by atoms with van der Waals surface area (Å²) in [5.74, 6) is -1.53. The molecule has 0 aliphatic carbocycles. The summed E-state index contributed by atoms with van der Waals surface area (Å²) >= 11 is 1.55. The summed E-state index contributed by atoms with van der Waals surface area (Å²) in [6.07, 6.45) is 2.93. The number of hydrogen-bond acceptors (Lipinski definition) is 5. The summed E-state index contributed by atoms with van der Waals surface area (Å²) in [5.41, 5.74) is 4.87. The molecule has 0 fully saturated rings. The Bertz CT molecular complexity index is 1160. The van der Waals surface area contributed by atoms with Crippen LogP contribution in [-0.2, 0) is 19.1 Å². The van der Waals surface area contributed by atoms with E-state index in [1.54, 1.807) is 17.4 Å². The first-order chi connectivity index (χ1) is 15.8. The van der Waals surface area contributed by atoms with Gasteiger partial charge >= 0.3 is 5.97 Å². The molecule has 0 spiro atoms. The molecule has 170 valence electrons. The molecule has 0 radical (unpaired) electrons. The Balaban J connectivity index is 1.41. The molecule has 2 aromatic carbocycles. The second kappa shape index (κ2) is 11.2. The Morgan fingerprint density at radius 3 is 2.33 bits per heavy atom. The minimum Gasteiger partial charge on any atom is -0.452 e. The SMILES string of the molecule is Cc1cc(C)c(NC(=O)CNC(=O)COC(=O)/C=C/c2ccc(-c3ccccc3)s2)c(C)c1. The number of hydrogen-bond donors (Lipinski definition) is 2. The highest BCUT2D eigenvalue weighted by atomic mass is 32.1. The molecule has 0 saturated heterocycles. The van der Waals surface area contributed by atoms with Gasteiger partial charge in [0.2, 0.25) is 5.91 Å². The number of esters is 1. The number of aryl methyl sites for hydroxylation is 3. The van der Waals surface area contributed by atoms with Crippen LogP contribution in [0.4, 0.5) is 5.69 Å². The van der Waals surface area contributed by atoms with Gasteiger partial charge < -0.3 is 15.4 Å². The molecule has 2 N–H and O–H groups in total. The number of carbonyl (C=O) groups excluding carboxylic acids is 3. The zero-order valence-corrected chi connectivity index (χ0v) is 19.6. The number of carbonyl (C=O) groups is 3. The maximum atomic E-state index is 12.2. The molecule has 0 aliphatic rings. The number of ether oxygens (including phenoxy) is 1. The molecule has 1 heterocycles. The number of nitrogens with one attached hydrogen (secondary N) is 2. The van der Waals surface area contributed by atoms with Crippen LogP contribution < -0.4 is 10.6 Å².